The molecule has 0 aliphatic carbocycles. The molecule has 19 heavy (non-hydrogen) atoms. The number of benzene rings is 1. The predicted molar refractivity (Wildman–Crippen MR) is 74.7 cm³/mol. The van der Waals surface area contributed by atoms with Gasteiger partial charge in [0.25, 0.3) is 0 Å². The van der Waals surface area contributed by atoms with E-state index in [0.717, 1.165) is 5.56 Å². The molecule has 1 atom stereocenters. The Morgan fingerprint density at radius 1 is 1.37 bits per heavy atom. The molecular weight excluding hydrogens is 245 g/mol. The van der Waals surface area contributed by atoms with Crippen LogP contribution in [0.3, 0.4) is 0 Å². The van der Waals surface area contributed by atoms with Gasteiger partial charge in [-0.15, -0.1) is 0 Å². The molecule has 2 N–H and O–H groups in total. The Bertz CT molecular complexity index is 402. The summed E-state index contributed by atoms with van der Waals surface area (Å²) >= 11 is 0. The van der Waals surface area contributed by atoms with Gasteiger partial charge in [-0.25, -0.2) is 4.39 Å². The van der Waals surface area contributed by atoms with Crippen LogP contribution in [0.25, 0.3) is 0 Å². The summed E-state index contributed by atoms with van der Waals surface area (Å²) in [5.41, 5.74) is 0.916. The molecule has 0 spiro atoms. The smallest absolute Gasteiger partial charge is 0.165 e. The zero-order valence-corrected chi connectivity index (χ0v) is 12.2. The third kappa shape index (κ3) is 4.80. The van der Waals surface area contributed by atoms with Crippen molar-refractivity contribution >= 4 is 0 Å². The zero-order valence-electron chi connectivity index (χ0n) is 12.2. The van der Waals surface area contributed by atoms with Crippen LogP contribution in [-0.4, -0.2) is 24.9 Å². The minimum atomic E-state index is -0.351. The van der Waals surface area contributed by atoms with Crippen molar-refractivity contribution < 1.29 is 14.2 Å². The molecule has 0 amide bonds. The van der Waals surface area contributed by atoms with E-state index in [1.165, 1.54) is 13.2 Å². The van der Waals surface area contributed by atoms with Crippen LogP contribution in [0.1, 0.15) is 32.8 Å². The van der Waals surface area contributed by atoms with E-state index in [0.29, 0.717) is 13.0 Å². The number of nitrogens with one attached hydrogen (secondary N) is 1. The van der Waals surface area contributed by atoms with E-state index in [1.807, 2.05) is 6.07 Å². The highest BCUT2D eigenvalue weighted by atomic mass is 19.1. The van der Waals surface area contributed by atoms with Gasteiger partial charge in [0.2, 0.25) is 0 Å². The first-order valence-electron chi connectivity index (χ1n) is 6.55. The Hall–Kier alpha value is -1.13. The van der Waals surface area contributed by atoms with E-state index in [1.54, 1.807) is 6.07 Å². The quantitative estimate of drug-likeness (QED) is 0.834. The lowest BCUT2D eigenvalue weighted by Gasteiger charge is -2.31. The molecule has 0 radical (unpaired) electrons. The van der Waals surface area contributed by atoms with Crippen molar-refractivity contribution in [3.05, 3.63) is 29.6 Å². The van der Waals surface area contributed by atoms with Crippen molar-refractivity contribution in [3.8, 4) is 5.75 Å². The molecule has 1 unspecified atom stereocenters. The molecule has 1 aromatic carbocycles. The van der Waals surface area contributed by atoms with E-state index in [4.69, 9.17) is 9.84 Å². The van der Waals surface area contributed by atoms with Gasteiger partial charge in [-0.05, 0) is 29.5 Å². The minimum absolute atomic E-state index is 0.0494. The number of rotatable bonds is 6. The lowest BCUT2D eigenvalue weighted by Crippen LogP contribution is -2.40. The van der Waals surface area contributed by atoms with Crippen LogP contribution in [0, 0.1) is 11.2 Å². The predicted octanol–water partition coefficient (Wildman–Crippen LogP) is 2.72. The highest BCUT2D eigenvalue weighted by Crippen LogP contribution is 2.23. The number of hydrogen-bond donors (Lipinski definition) is 2. The second-order valence-electron chi connectivity index (χ2n) is 5.78. The van der Waals surface area contributed by atoms with E-state index in [2.05, 4.69) is 26.1 Å². The molecule has 1 aromatic rings. The fourth-order valence-electron chi connectivity index (χ4n) is 2.03. The monoisotopic (exact) mass is 269 g/mol. The molecule has 0 saturated heterocycles. The standard InChI is InChI=1S/C15H24FNO2/c1-15(2,3)14(7-8-18)17-10-11-5-6-13(19-4)12(16)9-11/h5-6,9,14,17-18H,7-8,10H2,1-4H3. The molecule has 3 nitrogen and oxygen atoms in total. The second-order valence-corrected chi connectivity index (χ2v) is 5.78. The Morgan fingerprint density at radius 3 is 2.53 bits per heavy atom. The molecule has 0 aliphatic heterocycles. The Kier molecular flexibility index (Phi) is 5.76. The number of ether oxygens (including phenoxy) is 1. The van der Waals surface area contributed by atoms with Gasteiger partial charge >= 0.3 is 0 Å². The summed E-state index contributed by atoms with van der Waals surface area (Å²) in [6, 6.07) is 5.13. The van der Waals surface area contributed by atoms with Gasteiger partial charge in [0, 0.05) is 19.2 Å². The maximum atomic E-state index is 13.6. The summed E-state index contributed by atoms with van der Waals surface area (Å²) in [4.78, 5) is 0. The van der Waals surface area contributed by atoms with E-state index >= 15 is 0 Å². The van der Waals surface area contributed by atoms with Crippen molar-refractivity contribution in [1.82, 2.24) is 5.32 Å². The fourth-order valence-corrected chi connectivity index (χ4v) is 2.03. The molecule has 4 heteroatoms. The van der Waals surface area contributed by atoms with Crippen LogP contribution in [0.4, 0.5) is 4.39 Å². The van der Waals surface area contributed by atoms with Gasteiger partial charge in [-0.1, -0.05) is 26.8 Å². The number of aliphatic hydroxyl groups excluding tert-OH is 1. The Balaban J connectivity index is 2.66. The molecule has 1 rings (SSSR count). The van der Waals surface area contributed by atoms with Crippen LogP contribution in [0.2, 0.25) is 0 Å². The lowest BCUT2D eigenvalue weighted by molar-refractivity contribution is 0.196. The first-order valence-corrected chi connectivity index (χ1v) is 6.55. The maximum Gasteiger partial charge on any atom is 0.165 e. The third-order valence-electron chi connectivity index (χ3n) is 3.23. The average Bonchev–Trinajstić information content (AvgIpc) is 2.33. The topological polar surface area (TPSA) is 41.5 Å². The van der Waals surface area contributed by atoms with Gasteiger partial charge in [-0.2, -0.15) is 0 Å². The SMILES string of the molecule is COc1ccc(CNC(CCO)C(C)(C)C)cc1F. The van der Waals surface area contributed by atoms with Crippen molar-refractivity contribution in [2.75, 3.05) is 13.7 Å². The van der Waals surface area contributed by atoms with Gasteiger partial charge in [0.1, 0.15) is 0 Å². The fraction of sp³-hybridized carbons (Fsp3) is 0.600. The summed E-state index contributed by atoms with van der Waals surface area (Å²) in [7, 11) is 1.45. The highest BCUT2D eigenvalue weighted by Gasteiger charge is 2.23. The maximum absolute atomic E-state index is 13.6. The normalized spacial score (nSPS) is 13.4. The van der Waals surface area contributed by atoms with E-state index < -0.39 is 0 Å². The second kappa shape index (κ2) is 6.87. The number of hydrogen-bond acceptors (Lipinski definition) is 3. The molecule has 0 aromatic heterocycles. The average molecular weight is 269 g/mol. The van der Waals surface area contributed by atoms with Crippen molar-refractivity contribution in [1.29, 1.82) is 0 Å². The summed E-state index contributed by atoms with van der Waals surface area (Å²) < 4.78 is 18.5. The number of methoxy groups -OCH3 is 1. The molecule has 108 valence electrons. The van der Waals surface area contributed by atoms with Gasteiger partial charge in [-0.3, -0.25) is 0 Å². The Labute approximate surface area is 114 Å². The van der Waals surface area contributed by atoms with Crippen LogP contribution >= 0.6 is 0 Å². The van der Waals surface area contributed by atoms with Gasteiger partial charge in [0.15, 0.2) is 11.6 Å². The largest absolute Gasteiger partial charge is 0.494 e. The highest BCUT2D eigenvalue weighted by molar-refractivity contribution is 5.29. The summed E-state index contributed by atoms with van der Waals surface area (Å²) in [6.07, 6.45) is 0.683. The van der Waals surface area contributed by atoms with Gasteiger partial charge in [0.05, 0.1) is 7.11 Å². The molecule has 0 heterocycles. The van der Waals surface area contributed by atoms with Crippen LogP contribution in [0.5, 0.6) is 5.75 Å². The summed E-state index contributed by atoms with van der Waals surface area (Å²) in [5, 5.41) is 12.5. The first-order chi connectivity index (χ1) is 8.88. The lowest BCUT2D eigenvalue weighted by atomic mass is 9.85. The minimum Gasteiger partial charge on any atom is -0.494 e. The van der Waals surface area contributed by atoms with E-state index in [9.17, 15) is 4.39 Å². The Morgan fingerprint density at radius 2 is 2.05 bits per heavy atom. The van der Waals surface area contributed by atoms with Crippen molar-refractivity contribution in [2.45, 2.75) is 39.8 Å². The third-order valence-corrected chi connectivity index (χ3v) is 3.23. The zero-order chi connectivity index (χ0) is 14.5. The van der Waals surface area contributed by atoms with E-state index in [-0.39, 0.29) is 29.6 Å². The molecule has 0 bridgehead atoms. The summed E-state index contributed by atoms with van der Waals surface area (Å²) in [5.74, 6) is -0.0947. The van der Waals surface area contributed by atoms with Crippen LogP contribution in [-0.2, 0) is 6.54 Å². The van der Waals surface area contributed by atoms with Gasteiger partial charge < -0.3 is 15.2 Å². The first kappa shape index (κ1) is 15.9. The number of aliphatic hydroxyl groups is 1. The molecule has 0 fully saturated rings. The molecular formula is C15H24FNO2. The van der Waals surface area contributed by atoms with Crippen LogP contribution in [0.15, 0.2) is 18.2 Å². The molecule has 0 saturated carbocycles. The summed E-state index contributed by atoms with van der Waals surface area (Å²) in [6.45, 7) is 7.08. The number of halogens is 1. The van der Waals surface area contributed by atoms with Crippen molar-refractivity contribution in [2.24, 2.45) is 5.41 Å². The molecule has 0 aliphatic rings. The van der Waals surface area contributed by atoms with Crippen LogP contribution < -0.4 is 10.1 Å². The van der Waals surface area contributed by atoms with Crippen molar-refractivity contribution in [3.63, 3.8) is 0 Å².